The quantitative estimate of drug-likeness (QED) is 0.940. The number of para-hydroxylation sites is 1. The minimum atomic E-state index is -0.902. The number of amides is 1. The monoisotopic (exact) mass is 286 g/mol. The molecule has 0 saturated carbocycles. The lowest BCUT2D eigenvalue weighted by Gasteiger charge is -2.33. The number of benzene rings is 1. The second-order valence-electron chi connectivity index (χ2n) is 5.44. The lowest BCUT2D eigenvalue weighted by Crippen LogP contribution is -2.49. The van der Waals surface area contributed by atoms with Gasteiger partial charge in [0, 0.05) is 18.3 Å². The predicted molar refractivity (Wildman–Crippen MR) is 78.9 cm³/mol. The fraction of sp³-hybridized carbons (Fsp3) is 0.375. The molecule has 0 unspecified atom stereocenters. The van der Waals surface area contributed by atoms with Gasteiger partial charge in [0.25, 0.3) is 0 Å². The fourth-order valence-corrected chi connectivity index (χ4v) is 3.00. The van der Waals surface area contributed by atoms with E-state index in [-0.39, 0.29) is 12.5 Å². The zero-order valence-electron chi connectivity index (χ0n) is 11.7. The van der Waals surface area contributed by atoms with Crippen LogP contribution in [-0.2, 0) is 16.1 Å². The first kappa shape index (κ1) is 13.7. The first-order valence-corrected chi connectivity index (χ1v) is 7.23. The number of carbonyl (C=O) groups is 2. The van der Waals surface area contributed by atoms with E-state index in [0.717, 1.165) is 23.7 Å². The minimum Gasteiger partial charge on any atom is -0.480 e. The zero-order valence-corrected chi connectivity index (χ0v) is 11.7. The van der Waals surface area contributed by atoms with Crippen LogP contribution in [-0.4, -0.2) is 39.0 Å². The van der Waals surface area contributed by atoms with Crippen LogP contribution in [0.15, 0.2) is 36.5 Å². The topological polar surface area (TPSA) is 62.5 Å². The van der Waals surface area contributed by atoms with Crippen LogP contribution in [0.5, 0.6) is 0 Å². The fourth-order valence-electron chi connectivity index (χ4n) is 3.00. The molecule has 21 heavy (non-hydrogen) atoms. The Balaban J connectivity index is 1.80. The number of hydrogen-bond acceptors (Lipinski definition) is 2. The van der Waals surface area contributed by atoms with Gasteiger partial charge in [-0.2, -0.15) is 0 Å². The van der Waals surface area contributed by atoms with E-state index in [2.05, 4.69) is 0 Å². The first-order chi connectivity index (χ1) is 10.2. The molecule has 1 amide bonds. The Labute approximate surface area is 122 Å². The maximum Gasteiger partial charge on any atom is 0.326 e. The molecule has 110 valence electrons. The molecule has 0 radical (unpaired) electrons. The van der Waals surface area contributed by atoms with Gasteiger partial charge in [0.05, 0.1) is 0 Å². The average Bonchev–Trinajstić information content (AvgIpc) is 2.90. The molecular formula is C16H18N2O3. The molecule has 5 heteroatoms. The average molecular weight is 286 g/mol. The summed E-state index contributed by atoms with van der Waals surface area (Å²) in [5.41, 5.74) is 0.995. The number of carboxylic acids is 1. The number of piperidine rings is 1. The van der Waals surface area contributed by atoms with Crippen molar-refractivity contribution in [1.82, 2.24) is 9.47 Å². The Hall–Kier alpha value is -2.30. The molecule has 1 saturated heterocycles. The van der Waals surface area contributed by atoms with Crippen molar-refractivity contribution in [3.63, 3.8) is 0 Å². The van der Waals surface area contributed by atoms with Gasteiger partial charge < -0.3 is 14.6 Å². The van der Waals surface area contributed by atoms with Crippen LogP contribution in [0.2, 0.25) is 0 Å². The predicted octanol–water partition coefficient (Wildman–Crippen LogP) is 2.11. The largest absolute Gasteiger partial charge is 0.480 e. The van der Waals surface area contributed by atoms with Gasteiger partial charge in [-0.1, -0.05) is 18.2 Å². The molecule has 1 fully saturated rings. The second-order valence-corrected chi connectivity index (χ2v) is 5.44. The Bertz CT molecular complexity index is 677. The molecule has 1 aromatic carbocycles. The van der Waals surface area contributed by atoms with Gasteiger partial charge in [0.2, 0.25) is 5.91 Å². The number of aliphatic carboxylic acids is 1. The highest BCUT2D eigenvalue weighted by Crippen LogP contribution is 2.19. The van der Waals surface area contributed by atoms with Gasteiger partial charge >= 0.3 is 5.97 Å². The second kappa shape index (κ2) is 5.60. The van der Waals surface area contributed by atoms with Crippen molar-refractivity contribution in [1.29, 1.82) is 0 Å². The normalized spacial score (nSPS) is 18.9. The number of carboxylic acid groups (broad SMARTS) is 1. The highest BCUT2D eigenvalue weighted by Gasteiger charge is 2.31. The van der Waals surface area contributed by atoms with Gasteiger partial charge in [0.1, 0.15) is 12.6 Å². The number of likely N-dealkylation sites (tertiary alicyclic amines) is 1. The van der Waals surface area contributed by atoms with Crippen molar-refractivity contribution in [3.8, 4) is 0 Å². The molecular weight excluding hydrogens is 268 g/mol. The Kier molecular flexibility index (Phi) is 3.64. The minimum absolute atomic E-state index is 0.122. The third-order valence-corrected chi connectivity index (χ3v) is 4.09. The van der Waals surface area contributed by atoms with Crippen molar-refractivity contribution in [2.24, 2.45) is 0 Å². The van der Waals surface area contributed by atoms with Crippen molar-refractivity contribution >= 4 is 22.8 Å². The molecule has 0 bridgehead atoms. The van der Waals surface area contributed by atoms with E-state index in [1.807, 2.05) is 41.1 Å². The van der Waals surface area contributed by atoms with Gasteiger partial charge in [-0.15, -0.1) is 0 Å². The summed E-state index contributed by atoms with van der Waals surface area (Å²) < 4.78 is 1.88. The Morgan fingerprint density at radius 1 is 1.19 bits per heavy atom. The zero-order chi connectivity index (χ0) is 14.8. The molecule has 1 atom stereocenters. The van der Waals surface area contributed by atoms with Gasteiger partial charge in [0.15, 0.2) is 0 Å². The molecule has 1 aromatic heterocycles. The van der Waals surface area contributed by atoms with Gasteiger partial charge in [-0.25, -0.2) is 4.79 Å². The van der Waals surface area contributed by atoms with Gasteiger partial charge in [-0.05, 0) is 36.8 Å². The van der Waals surface area contributed by atoms with E-state index in [1.54, 1.807) is 0 Å². The van der Waals surface area contributed by atoms with E-state index in [9.17, 15) is 14.7 Å². The number of carbonyl (C=O) groups excluding carboxylic acids is 1. The molecule has 1 N–H and O–H groups in total. The molecule has 0 spiro atoms. The lowest BCUT2D eigenvalue weighted by atomic mass is 10.0. The van der Waals surface area contributed by atoms with Crippen molar-refractivity contribution in [3.05, 3.63) is 36.5 Å². The maximum atomic E-state index is 12.5. The van der Waals surface area contributed by atoms with Crippen LogP contribution >= 0.6 is 0 Å². The van der Waals surface area contributed by atoms with E-state index in [4.69, 9.17) is 0 Å². The van der Waals surface area contributed by atoms with E-state index in [0.29, 0.717) is 13.0 Å². The Morgan fingerprint density at radius 3 is 2.81 bits per heavy atom. The molecule has 1 aliphatic rings. The van der Waals surface area contributed by atoms with E-state index in [1.165, 1.54) is 4.90 Å². The van der Waals surface area contributed by atoms with Crippen LogP contribution in [0, 0.1) is 0 Å². The summed E-state index contributed by atoms with van der Waals surface area (Å²) >= 11 is 0. The summed E-state index contributed by atoms with van der Waals surface area (Å²) in [7, 11) is 0. The number of rotatable bonds is 3. The molecule has 2 aromatic rings. The maximum absolute atomic E-state index is 12.5. The molecule has 1 aliphatic heterocycles. The van der Waals surface area contributed by atoms with Gasteiger partial charge in [-0.3, -0.25) is 4.79 Å². The number of hydrogen-bond donors (Lipinski definition) is 1. The van der Waals surface area contributed by atoms with Crippen LogP contribution in [0.3, 0.4) is 0 Å². The third kappa shape index (κ3) is 2.63. The summed E-state index contributed by atoms with van der Waals surface area (Å²) in [6.07, 6.45) is 4.17. The van der Waals surface area contributed by atoms with Crippen molar-refractivity contribution < 1.29 is 14.7 Å². The standard InChI is InChI=1S/C16H18N2O3/c19-15(18-9-4-3-7-14(18)16(20)21)11-17-10-8-12-5-1-2-6-13(12)17/h1-2,5-6,8,10,14H,3-4,7,9,11H2,(H,20,21)/t14-/m0/s1. The van der Waals surface area contributed by atoms with Crippen LogP contribution in [0.1, 0.15) is 19.3 Å². The van der Waals surface area contributed by atoms with E-state index >= 15 is 0 Å². The molecule has 2 heterocycles. The first-order valence-electron chi connectivity index (χ1n) is 7.23. The highest BCUT2D eigenvalue weighted by molar-refractivity contribution is 5.86. The summed E-state index contributed by atoms with van der Waals surface area (Å²) in [4.78, 5) is 25.3. The summed E-state index contributed by atoms with van der Waals surface area (Å²) in [5, 5.41) is 10.3. The molecule has 0 aliphatic carbocycles. The summed E-state index contributed by atoms with van der Waals surface area (Å²) in [5.74, 6) is -1.02. The lowest BCUT2D eigenvalue weighted by molar-refractivity contribution is -0.152. The van der Waals surface area contributed by atoms with E-state index < -0.39 is 12.0 Å². The summed E-state index contributed by atoms with van der Waals surface area (Å²) in [6, 6.07) is 9.15. The van der Waals surface area contributed by atoms with Crippen LogP contribution in [0.25, 0.3) is 10.9 Å². The smallest absolute Gasteiger partial charge is 0.326 e. The number of nitrogens with zero attached hydrogens (tertiary/aromatic N) is 2. The molecule has 5 nitrogen and oxygen atoms in total. The Morgan fingerprint density at radius 2 is 2.00 bits per heavy atom. The SMILES string of the molecule is O=C(O)[C@@H]1CCCCN1C(=O)Cn1ccc2ccccc21. The highest BCUT2D eigenvalue weighted by atomic mass is 16.4. The number of aromatic nitrogens is 1. The van der Waals surface area contributed by atoms with Crippen LogP contribution in [0.4, 0.5) is 0 Å². The summed E-state index contributed by atoms with van der Waals surface area (Å²) in [6.45, 7) is 0.728. The molecule has 3 rings (SSSR count). The van der Waals surface area contributed by atoms with Crippen molar-refractivity contribution in [2.75, 3.05) is 6.54 Å². The third-order valence-electron chi connectivity index (χ3n) is 4.09. The number of fused-ring (bicyclic) bond motifs is 1. The van der Waals surface area contributed by atoms with Crippen molar-refractivity contribution in [2.45, 2.75) is 31.8 Å². The van der Waals surface area contributed by atoms with Crippen LogP contribution < -0.4 is 0 Å².